The summed E-state index contributed by atoms with van der Waals surface area (Å²) in [6.45, 7) is 0.677. The largest absolute Gasteiger partial charge is 0.328 e. The quantitative estimate of drug-likeness (QED) is 0.815. The van der Waals surface area contributed by atoms with Crippen LogP contribution in [0.4, 0.5) is 0 Å². The smallest absolute Gasteiger partial charge is 0.137 e. The Hall–Kier alpha value is -0.320. The fourth-order valence-electron chi connectivity index (χ4n) is 1.56. The number of nitrogens with zero attached hydrogens (tertiary/aromatic N) is 3. The minimum atomic E-state index is 0. The molecular weight excluding hydrogens is 211 g/mol. The Kier molecular flexibility index (Phi) is 4.67. The maximum absolute atomic E-state index is 5.67. The van der Waals surface area contributed by atoms with Gasteiger partial charge in [0.1, 0.15) is 12.7 Å². The lowest BCUT2D eigenvalue weighted by Gasteiger charge is -2.40. The topological polar surface area (TPSA) is 56.7 Å². The first-order valence-electron chi connectivity index (χ1n) is 3.93. The van der Waals surface area contributed by atoms with Crippen LogP contribution in [0.1, 0.15) is 19.3 Å². The van der Waals surface area contributed by atoms with Crippen molar-refractivity contribution in [2.45, 2.75) is 24.8 Å². The molecule has 0 unspecified atom stereocenters. The Bertz CT molecular complexity index is 227. The third kappa shape index (κ3) is 1.95. The number of rotatable bonds is 2. The van der Waals surface area contributed by atoms with Gasteiger partial charge in [0.25, 0.3) is 0 Å². The Morgan fingerprint density at radius 2 is 2.08 bits per heavy atom. The van der Waals surface area contributed by atoms with Gasteiger partial charge >= 0.3 is 0 Å². The molecule has 0 spiro atoms. The van der Waals surface area contributed by atoms with E-state index in [2.05, 4.69) is 10.1 Å². The molecule has 0 saturated heterocycles. The van der Waals surface area contributed by atoms with Crippen molar-refractivity contribution >= 4 is 24.8 Å². The van der Waals surface area contributed by atoms with Crippen molar-refractivity contribution in [3.63, 3.8) is 0 Å². The fraction of sp³-hybridized carbons (Fsp3) is 0.714. The molecule has 0 atom stereocenters. The molecule has 1 aromatic rings. The van der Waals surface area contributed by atoms with E-state index in [1.165, 1.54) is 6.42 Å². The van der Waals surface area contributed by atoms with Crippen LogP contribution in [-0.4, -0.2) is 21.3 Å². The van der Waals surface area contributed by atoms with Crippen LogP contribution in [0.15, 0.2) is 12.7 Å². The summed E-state index contributed by atoms with van der Waals surface area (Å²) in [7, 11) is 0. The first kappa shape index (κ1) is 12.7. The zero-order chi connectivity index (χ0) is 7.73. The van der Waals surface area contributed by atoms with E-state index >= 15 is 0 Å². The highest BCUT2D eigenvalue weighted by atomic mass is 35.5. The third-order valence-corrected chi connectivity index (χ3v) is 2.57. The van der Waals surface area contributed by atoms with E-state index in [1.807, 2.05) is 4.68 Å². The molecule has 0 bridgehead atoms. The van der Waals surface area contributed by atoms with Gasteiger partial charge in [0.15, 0.2) is 0 Å². The van der Waals surface area contributed by atoms with Crippen molar-refractivity contribution in [2.24, 2.45) is 5.73 Å². The monoisotopic (exact) mass is 224 g/mol. The van der Waals surface area contributed by atoms with Crippen molar-refractivity contribution in [3.8, 4) is 0 Å². The SMILES string of the molecule is Cl.Cl.NCC1(n2cncn2)CCC1. The molecular formula is C7H14Cl2N4. The van der Waals surface area contributed by atoms with Gasteiger partial charge in [-0.2, -0.15) is 5.10 Å². The molecule has 0 amide bonds. The zero-order valence-electron chi connectivity index (χ0n) is 7.22. The maximum Gasteiger partial charge on any atom is 0.137 e. The minimum absolute atomic E-state index is 0. The second kappa shape index (κ2) is 4.79. The summed E-state index contributed by atoms with van der Waals surface area (Å²) in [5, 5.41) is 4.11. The van der Waals surface area contributed by atoms with Gasteiger partial charge in [-0.05, 0) is 19.3 Å². The van der Waals surface area contributed by atoms with Crippen LogP contribution in [0.2, 0.25) is 0 Å². The lowest BCUT2D eigenvalue weighted by atomic mass is 9.77. The number of nitrogens with two attached hydrogens (primary N) is 1. The van der Waals surface area contributed by atoms with E-state index in [0.29, 0.717) is 6.54 Å². The molecule has 1 saturated carbocycles. The molecule has 13 heavy (non-hydrogen) atoms. The van der Waals surface area contributed by atoms with Crippen molar-refractivity contribution in [2.75, 3.05) is 6.54 Å². The highest BCUT2D eigenvalue weighted by Gasteiger charge is 2.38. The average Bonchev–Trinajstić information content (AvgIpc) is 2.39. The van der Waals surface area contributed by atoms with Crippen molar-refractivity contribution in [1.82, 2.24) is 14.8 Å². The van der Waals surface area contributed by atoms with Crippen LogP contribution in [0.25, 0.3) is 0 Å². The number of hydrogen-bond donors (Lipinski definition) is 1. The van der Waals surface area contributed by atoms with Crippen molar-refractivity contribution in [1.29, 1.82) is 0 Å². The average molecular weight is 225 g/mol. The molecule has 0 radical (unpaired) electrons. The van der Waals surface area contributed by atoms with E-state index in [1.54, 1.807) is 12.7 Å². The molecule has 0 aromatic carbocycles. The first-order chi connectivity index (χ1) is 5.37. The summed E-state index contributed by atoms with van der Waals surface area (Å²) < 4.78 is 1.90. The Labute approximate surface area is 89.7 Å². The Morgan fingerprint density at radius 3 is 2.38 bits per heavy atom. The van der Waals surface area contributed by atoms with Crippen LogP contribution < -0.4 is 5.73 Å². The second-order valence-electron chi connectivity index (χ2n) is 3.12. The third-order valence-electron chi connectivity index (χ3n) is 2.57. The molecule has 4 nitrogen and oxygen atoms in total. The van der Waals surface area contributed by atoms with Gasteiger partial charge in [-0.3, -0.25) is 0 Å². The van der Waals surface area contributed by atoms with E-state index in [9.17, 15) is 0 Å². The van der Waals surface area contributed by atoms with Gasteiger partial charge in [0.2, 0.25) is 0 Å². The molecule has 2 rings (SSSR count). The summed E-state index contributed by atoms with van der Waals surface area (Å²) in [6, 6.07) is 0. The summed E-state index contributed by atoms with van der Waals surface area (Å²) in [6.07, 6.45) is 6.87. The highest BCUT2D eigenvalue weighted by Crippen LogP contribution is 2.36. The normalized spacial score (nSPS) is 17.9. The minimum Gasteiger partial charge on any atom is -0.328 e. The van der Waals surface area contributed by atoms with Crippen LogP contribution in [0.5, 0.6) is 0 Å². The number of aromatic nitrogens is 3. The predicted molar refractivity (Wildman–Crippen MR) is 55.4 cm³/mol. The molecule has 6 heteroatoms. The summed E-state index contributed by atoms with van der Waals surface area (Å²) in [5.74, 6) is 0. The summed E-state index contributed by atoms with van der Waals surface area (Å²) in [4.78, 5) is 3.91. The lowest BCUT2D eigenvalue weighted by Crippen LogP contribution is -2.47. The molecule has 1 aliphatic carbocycles. The standard InChI is InChI=1S/C7H12N4.2ClH/c8-4-7(2-1-3-7)11-6-9-5-10-11;;/h5-6H,1-4,8H2;2*1H. The molecule has 1 fully saturated rings. The highest BCUT2D eigenvalue weighted by molar-refractivity contribution is 5.85. The molecule has 76 valence electrons. The first-order valence-corrected chi connectivity index (χ1v) is 3.93. The maximum atomic E-state index is 5.67. The van der Waals surface area contributed by atoms with Gasteiger partial charge in [0, 0.05) is 6.54 Å². The summed E-state index contributed by atoms with van der Waals surface area (Å²) in [5.41, 5.74) is 5.78. The van der Waals surface area contributed by atoms with Crippen LogP contribution in [-0.2, 0) is 5.54 Å². The number of halogens is 2. The van der Waals surface area contributed by atoms with Crippen LogP contribution >= 0.6 is 24.8 Å². The Morgan fingerprint density at radius 1 is 1.38 bits per heavy atom. The molecule has 1 heterocycles. The molecule has 2 N–H and O–H groups in total. The van der Waals surface area contributed by atoms with E-state index < -0.39 is 0 Å². The molecule has 1 aromatic heterocycles. The van der Waals surface area contributed by atoms with Crippen molar-refractivity contribution in [3.05, 3.63) is 12.7 Å². The van der Waals surface area contributed by atoms with Gasteiger partial charge in [-0.25, -0.2) is 9.67 Å². The van der Waals surface area contributed by atoms with Crippen LogP contribution in [0.3, 0.4) is 0 Å². The van der Waals surface area contributed by atoms with Gasteiger partial charge in [-0.1, -0.05) is 0 Å². The predicted octanol–water partition coefficient (Wildman–Crippen LogP) is 0.960. The Balaban J connectivity index is 0.000000720. The molecule has 0 aliphatic heterocycles. The van der Waals surface area contributed by atoms with E-state index in [4.69, 9.17) is 5.73 Å². The zero-order valence-corrected chi connectivity index (χ0v) is 8.85. The van der Waals surface area contributed by atoms with E-state index in [0.717, 1.165) is 12.8 Å². The van der Waals surface area contributed by atoms with Crippen molar-refractivity contribution < 1.29 is 0 Å². The second-order valence-corrected chi connectivity index (χ2v) is 3.12. The van der Waals surface area contributed by atoms with E-state index in [-0.39, 0.29) is 30.4 Å². The molecule has 1 aliphatic rings. The lowest BCUT2D eigenvalue weighted by molar-refractivity contribution is 0.134. The van der Waals surface area contributed by atoms with Gasteiger partial charge in [-0.15, -0.1) is 24.8 Å². The fourth-order valence-corrected chi connectivity index (χ4v) is 1.56. The van der Waals surface area contributed by atoms with Gasteiger partial charge < -0.3 is 5.73 Å². The number of hydrogen-bond acceptors (Lipinski definition) is 3. The summed E-state index contributed by atoms with van der Waals surface area (Å²) >= 11 is 0. The van der Waals surface area contributed by atoms with Crippen LogP contribution in [0, 0.1) is 0 Å². The van der Waals surface area contributed by atoms with Gasteiger partial charge in [0.05, 0.1) is 5.54 Å².